The van der Waals surface area contributed by atoms with Gasteiger partial charge in [-0.05, 0) is 35.8 Å². The molecule has 0 aliphatic heterocycles. The van der Waals surface area contributed by atoms with Crippen LogP contribution < -0.4 is 25.8 Å². The van der Waals surface area contributed by atoms with Gasteiger partial charge < -0.3 is 30.3 Å². The fourth-order valence-electron chi connectivity index (χ4n) is 3.11. The zero-order chi connectivity index (χ0) is 27.9. The van der Waals surface area contributed by atoms with Crippen molar-refractivity contribution >= 4 is 41.8 Å². The minimum absolute atomic E-state index is 0.0708. The number of fused-ring (bicyclic) bond motifs is 1. The summed E-state index contributed by atoms with van der Waals surface area (Å²) in [5.74, 6) is 0.0708. The number of nitrogens with zero attached hydrogens (tertiary/aromatic N) is 4. The van der Waals surface area contributed by atoms with Gasteiger partial charge in [-0.2, -0.15) is 0 Å². The van der Waals surface area contributed by atoms with Crippen molar-refractivity contribution in [1.82, 2.24) is 0 Å². The second-order valence-corrected chi connectivity index (χ2v) is 10.4. The van der Waals surface area contributed by atoms with Gasteiger partial charge in [-0.3, -0.25) is 0 Å². The van der Waals surface area contributed by atoms with Gasteiger partial charge in [0.2, 0.25) is 10.8 Å². The maximum Gasteiger partial charge on any atom is 0.356 e. The van der Waals surface area contributed by atoms with Crippen LogP contribution in [0.5, 0.6) is 5.75 Å². The Labute approximate surface area is 224 Å². The van der Waals surface area contributed by atoms with Crippen LogP contribution in [0.3, 0.4) is 0 Å². The van der Waals surface area contributed by atoms with Crippen LogP contribution in [0.15, 0.2) is 89.0 Å². The molecule has 0 saturated carbocycles. The van der Waals surface area contributed by atoms with E-state index in [9.17, 15) is 14.4 Å². The SMILES string of the molecule is CC1([N+]#N)C=CC(Cl)=CC1N.CC1([N+]#N)C=CC(Cl)=CC1N.O=P([O-])([O-])Oc1cccc2ccccc12. The third-order valence-corrected chi connectivity index (χ3v) is 6.50. The number of halogens is 2. The van der Waals surface area contributed by atoms with Crippen molar-refractivity contribution in [3.63, 3.8) is 0 Å². The van der Waals surface area contributed by atoms with Crippen molar-refractivity contribution in [2.75, 3.05) is 0 Å². The Morgan fingerprint density at radius 3 is 1.78 bits per heavy atom. The Hall–Kier alpha value is -3.05. The van der Waals surface area contributed by atoms with E-state index in [1.54, 1.807) is 68.5 Å². The third kappa shape index (κ3) is 8.50. The molecule has 4 rings (SSSR count). The molecule has 13 heteroatoms. The highest BCUT2D eigenvalue weighted by Gasteiger charge is 2.44. The molecule has 0 bridgehead atoms. The molecule has 194 valence electrons. The largest absolute Gasteiger partial charge is 0.780 e. The predicted octanol–water partition coefficient (Wildman–Crippen LogP) is 4.28. The van der Waals surface area contributed by atoms with E-state index in [-0.39, 0.29) is 17.8 Å². The minimum atomic E-state index is -4.99. The van der Waals surface area contributed by atoms with E-state index in [2.05, 4.69) is 14.5 Å². The normalized spacial score (nSPS) is 26.2. The van der Waals surface area contributed by atoms with Crippen LogP contribution in [0.2, 0.25) is 0 Å². The Kier molecular flexibility index (Phi) is 10.2. The van der Waals surface area contributed by atoms with Crippen molar-refractivity contribution < 1.29 is 18.9 Å². The Morgan fingerprint density at radius 2 is 1.35 bits per heavy atom. The summed E-state index contributed by atoms with van der Waals surface area (Å²) >= 11 is 11.3. The molecule has 0 fully saturated rings. The van der Waals surface area contributed by atoms with Gasteiger partial charge in [0.25, 0.3) is 0 Å². The molecule has 0 heterocycles. The lowest BCUT2D eigenvalue weighted by Gasteiger charge is -2.29. The highest BCUT2D eigenvalue weighted by Crippen LogP contribution is 2.34. The Bertz CT molecular complexity index is 1330. The molecule has 0 radical (unpaired) electrons. The van der Waals surface area contributed by atoms with E-state index in [1.807, 2.05) is 18.2 Å². The summed E-state index contributed by atoms with van der Waals surface area (Å²) in [4.78, 5) is 27.3. The summed E-state index contributed by atoms with van der Waals surface area (Å²) in [6.45, 7) is 3.46. The zero-order valence-corrected chi connectivity index (χ0v) is 22.3. The number of diazo groups is 2. The molecular formula is C24H25Cl2N6O4P. The van der Waals surface area contributed by atoms with Gasteiger partial charge in [0.05, 0.1) is 0 Å². The van der Waals surface area contributed by atoms with E-state index < -0.39 is 18.9 Å². The topological polar surface area (TPSA) is 181 Å². The first-order valence-corrected chi connectivity index (χ1v) is 13.0. The summed E-state index contributed by atoms with van der Waals surface area (Å²) in [6.07, 6.45) is 10.0. The number of phosphoric ester groups is 1. The highest BCUT2D eigenvalue weighted by atomic mass is 35.5. The second kappa shape index (κ2) is 12.5. The molecule has 2 aliphatic carbocycles. The first-order valence-electron chi connectivity index (χ1n) is 10.8. The quantitative estimate of drug-likeness (QED) is 0.401. The minimum Gasteiger partial charge on any atom is -0.780 e. The lowest BCUT2D eigenvalue weighted by Crippen LogP contribution is -2.41. The molecule has 0 aromatic heterocycles. The smallest absolute Gasteiger partial charge is 0.356 e. The second-order valence-electron chi connectivity index (χ2n) is 8.49. The van der Waals surface area contributed by atoms with Gasteiger partial charge in [0.15, 0.2) is 0 Å². The number of hydrogen-bond acceptors (Lipinski definition) is 8. The molecular weight excluding hydrogens is 538 g/mol. The molecule has 10 nitrogen and oxygen atoms in total. The molecule has 37 heavy (non-hydrogen) atoms. The van der Waals surface area contributed by atoms with Crippen LogP contribution in [0.1, 0.15) is 13.8 Å². The average Bonchev–Trinajstić information content (AvgIpc) is 2.84. The van der Waals surface area contributed by atoms with Crippen molar-refractivity contribution in [3.8, 4) is 5.75 Å². The van der Waals surface area contributed by atoms with E-state index in [4.69, 9.17) is 45.5 Å². The third-order valence-electron chi connectivity index (χ3n) is 5.58. The molecule has 0 amide bonds. The van der Waals surface area contributed by atoms with Crippen LogP contribution in [0, 0.1) is 10.8 Å². The van der Waals surface area contributed by atoms with Gasteiger partial charge in [-0.1, -0.05) is 59.6 Å². The Balaban J connectivity index is 0.000000199. The van der Waals surface area contributed by atoms with Crippen molar-refractivity contribution in [2.24, 2.45) is 11.5 Å². The van der Waals surface area contributed by atoms with Gasteiger partial charge in [-0.25, -0.2) is 0 Å². The van der Waals surface area contributed by atoms with Crippen LogP contribution in [-0.2, 0) is 4.57 Å². The van der Waals surface area contributed by atoms with Gasteiger partial charge in [0.1, 0.15) is 35.6 Å². The van der Waals surface area contributed by atoms with Gasteiger partial charge in [0, 0.05) is 41.5 Å². The monoisotopic (exact) mass is 562 g/mol. The molecule has 2 aromatic carbocycles. The molecule has 0 spiro atoms. The van der Waals surface area contributed by atoms with Gasteiger partial charge >= 0.3 is 11.1 Å². The number of nitrogens with two attached hydrogens (primary N) is 2. The van der Waals surface area contributed by atoms with Crippen LogP contribution in [-0.4, -0.2) is 23.2 Å². The van der Waals surface area contributed by atoms with E-state index in [1.165, 1.54) is 6.07 Å². The summed E-state index contributed by atoms with van der Waals surface area (Å²) in [5.41, 5.74) is 9.85. The maximum absolute atomic E-state index is 10.5. The van der Waals surface area contributed by atoms with E-state index in [0.29, 0.717) is 15.5 Å². The lowest BCUT2D eigenvalue weighted by molar-refractivity contribution is -0.333. The maximum atomic E-state index is 10.5. The summed E-state index contributed by atoms with van der Waals surface area (Å²) in [7, 11) is -4.99. The Morgan fingerprint density at radius 1 is 0.892 bits per heavy atom. The zero-order valence-electron chi connectivity index (χ0n) is 19.9. The van der Waals surface area contributed by atoms with Crippen LogP contribution in [0.4, 0.5) is 0 Å². The molecule has 0 saturated heterocycles. The van der Waals surface area contributed by atoms with Gasteiger partial charge in [-0.15, -0.1) is 0 Å². The molecule has 4 atom stereocenters. The number of phosphoric acid groups is 1. The van der Waals surface area contributed by atoms with E-state index in [0.717, 1.165) is 5.39 Å². The first kappa shape index (κ1) is 30.2. The lowest BCUT2D eigenvalue weighted by atomic mass is 9.90. The predicted molar refractivity (Wildman–Crippen MR) is 141 cm³/mol. The van der Waals surface area contributed by atoms with Crippen molar-refractivity contribution in [3.05, 3.63) is 98.9 Å². The summed E-state index contributed by atoms with van der Waals surface area (Å²) < 4.78 is 14.9. The summed E-state index contributed by atoms with van der Waals surface area (Å²) in [5, 5.41) is 19.8. The number of rotatable bonds is 2. The van der Waals surface area contributed by atoms with Crippen LogP contribution in [0.25, 0.3) is 20.7 Å². The van der Waals surface area contributed by atoms with Crippen molar-refractivity contribution in [2.45, 2.75) is 37.0 Å². The molecule has 4 unspecified atom stereocenters. The average molecular weight is 563 g/mol. The first-order chi connectivity index (χ1) is 17.2. The van der Waals surface area contributed by atoms with Crippen LogP contribution >= 0.6 is 31.0 Å². The van der Waals surface area contributed by atoms with E-state index >= 15 is 0 Å². The fraction of sp³-hybridized carbons (Fsp3) is 0.250. The standard InChI is InChI=1S/C10H9O4P.2C7H9ClN3/c11-15(12,13)14-10-7-3-5-8-4-1-2-6-9(8)10;2*1-7(11-10)3-2-5(8)4-6(7)9/h1-7H,(H2,11,12,13);2*2-4,6H,9H2,1H3/q;2*+1/p-2. The summed E-state index contributed by atoms with van der Waals surface area (Å²) in [6, 6.07) is 11.2. The molecule has 2 aliphatic rings. The molecule has 2 aromatic rings. The fourth-order valence-corrected chi connectivity index (χ4v) is 3.90. The van der Waals surface area contributed by atoms with Crippen molar-refractivity contribution in [1.29, 1.82) is 10.8 Å². The number of allylic oxidation sites excluding steroid dienone is 4. The number of benzene rings is 2. The number of hydrogen-bond donors (Lipinski definition) is 2. The molecule has 4 N–H and O–H groups in total. The highest BCUT2D eigenvalue weighted by molar-refractivity contribution is 7.43.